The topological polar surface area (TPSA) is 75.1 Å². The number of rotatable bonds is 3. The zero-order chi connectivity index (χ0) is 20.1. The zero-order valence-electron chi connectivity index (χ0n) is 16.2. The number of carbonyl (C=O) groups excluding carboxylic acids is 1. The Morgan fingerprint density at radius 3 is 2.50 bits per heavy atom. The molecule has 0 amide bonds. The van der Waals surface area contributed by atoms with Gasteiger partial charge in [0.05, 0.1) is 12.8 Å². The summed E-state index contributed by atoms with van der Waals surface area (Å²) in [6.07, 6.45) is 0. The van der Waals surface area contributed by atoms with Crippen LogP contribution in [0, 0.1) is 25.2 Å². The van der Waals surface area contributed by atoms with E-state index < -0.39 is 5.60 Å². The first-order valence-electron chi connectivity index (χ1n) is 9.00. The highest BCUT2D eigenvalue weighted by Crippen LogP contribution is 2.43. The third kappa shape index (κ3) is 2.66. The molecule has 1 N–H and O–H groups in total. The van der Waals surface area contributed by atoms with Gasteiger partial charge in [-0.05, 0) is 45.0 Å². The van der Waals surface area contributed by atoms with Crippen LogP contribution >= 0.6 is 0 Å². The summed E-state index contributed by atoms with van der Waals surface area (Å²) < 4.78 is 11.4. The molecule has 1 unspecified atom stereocenters. The van der Waals surface area contributed by atoms with Crippen molar-refractivity contribution in [2.45, 2.75) is 26.4 Å². The van der Waals surface area contributed by atoms with Gasteiger partial charge in [0.2, 0.25) is 5.78 Å². The van der Waals surface area contributed by atoms with Gasteiger partial charge in [0, 0.05) is 17.9 Å². The van der Waals surface area contributed by atoms with Crippen molar-refractivity contribution in [3.05, 3.63) is 70.4 Å². The first kappa shape index (κ1) is 17.9. The number of H-pyrrole nitrogens is 1. The van der Waals surface area contributed by atoms with Crippen LogP contribution in [0.3, 0.4) is 0 Å². The Hall–Kier alpha value is -3.52. The quantitative estimate of drug-likeness (QED) is 0.715. The number of fused-ring (bicyclic) bond motifs is 1. The maximum Gasteiger partial charge on any atom is 0.225 e. The Bertz CT molecular complexity index is 1180. The van der Waals surface area contributed by atoms with Gasteiger partial charge in [0.1, 0.15) is 17.4 Å². The van der Waals surface area contributed by atoms with Crippen LogP contribution in [0.25, 0.3) is 16.7 Å². The Labute approximate surface area is 164 Å². The number of hydrogen-bond donors (Lipinski definition) is 1. The largest absolute Gasteiger partial charge is 0.497 e. The van der Waals surface area contributed by atoms with Crippen LogP contribution in [0.4, 0.5) is 0 Å². The van der Waals surface area contributed by atoms with Crippen LogP contribution in [0.5, 0.6) is 5.75 Å². The molecule has 3 aromatic rings. The number of Topliss-reactive ketones (excluding diaryl/α,β-unsaturated/α-hetero) is 1. The normalized spacial score (nSPS) is 19.0. The van der Waals surface area contributed by atoms with Gasteiger partial charge in [-0.2, -0.15) is 5.26 Å². The Morgan fingerprint density at radius 2 is 1.86 bits per heavy atom. The van der Waals surface area contributed by atoms with Gasteiger partial charge in [0.15, 0.2) is 11.4 Å². The van der Waals surface area contributed by atoms with Crippen molar-refractivity contribution in [3.63, 3.8) is 0 Å². The van der Waals surface area contributed by atoms with Gasteiger partial charge >= 0.3 is 0 Å². The lowest BCUT2D eigenvalue weighted by atomic mass is 9.87. The fraction of sp³-hybridized carbons (Fsp3) is 0.217. The van der Waals surface area contributed by atoms with E-state index in [1.165, 1.54) is 0 Å². The van der Waals surface area contributed by atoms with Crippen molar-refractivity contribution < 1.29 is 15.7 Å². The highest BCUT2D eigenvalue weighted by atomic mass is 16.5. The maximum atomic E-state index is 13.1. The minimum atomic E-state index is -1.23. The molecule has 142 valence electrons. The third-order valence-corrected chi connectivity index (χ3v) is 5.15. The van der Waals surface area contributed by atoms with Crippen molar-refractivity contribution in [2.75, 3.05) is 7.11 Å². The summed E-state index contributed by atoms with van der Waals surface area (Å²) in [5, 5.41) is 10.6. The number of carbonyl (C=O) groups is 1. The number of benzene rings is 2. The molecule has 0 radical (unpaired) electrons. The molecular weight excluding hydrogens is 352 g/mol. The molecule has 2 aromatic carbocycles. The van der Waals surface area contributed by atoms with E-state index >= 15 is 0 Å². The number of nitriles is 1. The maximum absolute atomic E-state index is 13.1. The van der Waals surface area contributed by atoms with Crippen LogP contribution < -0.4 is 4.74 Å². The lowest BCUT2D eigenvalue weighted by Crippen LogP contribution is -2.31. The average molecular weight is 374 g/mol. The zero-order valence-corrected chi connectivity index (χ0v) is 16.2. The van der Waals surface area contributed by atoms with Gasteiger partial charge in [-0.15, -0.1) is 0 Å². The summed E-state index contributed by atoms with van der Waals surface area (Å²) in [6.45, 7) is 5.67. The van der Waals surface area contributed by atoms with Gasteiger partial charge in [-0.1, -0.05) is 29.3 Å². The molecule has 0 fully saturated rings. The lowest BCUT2D eigenvalue weighted by molar-refractivity contribution is -0.128. The number of nitrogens with zero attached hydrogens (tertiary/aromatic N) is 1. The van der Waals surface area contributed by atoms with Crippen LogP contribution in [-0.4, -0.2) is 17.9 Å². The van der Waals surface area contributed by atoms with Crippen LogP contribution in [0.1, 0.15) is 30.7 Å². The van der Waals surface area contributed by atoms with Crippen LogP contribution in [0.15, 0.2) is 48.0 Å². The summed E-state index contributed by atoms with van der Waals surface area (Å²) in [6, 6.07) is 15.4. The number of hydrogen-bond acceptors (Lipinski definition) is 4. The van der Waals surface area contributed by atoms with Crippen molar-refractivity contribution >= 4 is 22.4 Å². The predicted octanol–water partition coefficient (Wildman–Crippen LogP) is 4.79. The minimum absolute atomic E-state index is 0. The van der Waals surface area contributed by atoms with Gasteiger partial charge < -0.3 is 14.5 Å². The number of aryl methyl sites for hydroxylation is 2. The van der Waals surface area contributed by atoms with E-state index in [0.717, 1.165) is 33.3 Å². The smallest absolute Gasteiger partial charge is 0.225 e. The number of ether oxygens (including phenoxy) is 2. The van der Waals surface area contributed by atoms with E-state index in [-0.39, 0.29) is 18.5 Å². The van der Waals surface area contributed by atoms with Crippen molar-refractivity contribution in [3.8, 4) is 11.8 Å². The minimum Gasteiger partial charge on any atom is -0.497 e. The highest BCUT2D eigenvalue weighted by molar-refractivity contribution is 6.13. The van der Waals surface area contributed by atoms with E-state index in [2.05, 4.69) is 4.98 Å². The van der Waals surface area contributed by atoms with E-state index in [1.54, 1.807) is 14.0 Å². The Morgan fingerprint density at radius 1 is 1.14 bits per heavy atom. The van der Waals surface area contributed by atoms with Crippen molar-refractivity contribution in [1.82, 2.24) is 4.98 Å². The second kappa shape index (κ2) is 6.28. The molecule has 1 atom stereocenters. The summed E-state index contributed by atoms with van der Waals surface area (Å²) in [5.41, 5.74) is 3.09. The molecule has 0 spiro atoms. The first-order valence-corrected chi connectivity index (χ1v) is 9.00. The predicted molar refractivity (Wildman–Crippen MR) is 109 cm³/mol. The van der Waals surface area contributed by atoms with E-state index in [9.17, 15) is 10.1 Å². The number of nitrogens with one attached hydrogen (secondary N) is 1. The summed E-state index contributed by atoms with van der Waals surface area (Å²) in [4.78, 5) is 16.4. The fourth-order valence-corrected chi connectivity index (χ4v) is 3.73. The third-order valence-electron chi connectivity index (χ3n) is 5.15. The molecule has 0 bridgehead atoms. The average Bonchev–Trinajstić information content (AvgIpc) is 3.20. The van der Waals surface area contributed by atoms with E-state index in [1.807, 2.05) is 62.4 Å². The molecule has 1 aliphatic rings. The molecule has 4 rings (SSSR count). The van der Waals surface area contributed by atoms with Crippen LogP contribution in [0.2, 0.25) is 0 Å². The molecule has 1 aliphatic heterocycles. The van der Waals surface area contributed by atoms with Crippen LogP contribution in [-0.2, 0) is 15.1 Å². The standard InChI is InChI=1S/C23H20N2O3.H2/c1-13-7-14(2)9-16(8-13)23(3)22(26)18(12-24)21(28-23)20-11-15-10-17(27-4)5-6-19(15)25-20;/h5-11,25H,1-4H3;1H. The number of ketones is 1. The first-order chi connectivity index (χ1) is 13.4. The molecule has 5 nitrogen and oxygen atoms in total. The number of aromatic amines is 1. The highest BCUT2D eigenvalue weighted by Gasteiger charge is 2.48. The second-order valence-corrected chi connectivity index (χ2v) is 7.29. The Balaban J connectivity index is 0.00000240. The van der Waals surface area contributed by atoms with Gasteiger partial charge in [-0.25, -0.2) is 0 Å². The number of aromatic nitrogens is 1. The van der Waals surface area contributed by atoms with Gasteiger partial charge in [0.25, 0.3) is 0 Å². The van der Waals surface area contributed by atoms with Gasteiger partial charge in [-0.3, -0.25) is 4.79 Å². The Kier molecular flexibility index (Phi) is 4.01. The second-order valence-electron chi connectivity index (χ2n) is 7.29. The van der Waals surface area contributed by atoms with E-state index in [4.69, 9.17) is 9.47 Å². The summed E-state index contributed by atoms with van der Waals surface area (Å²) in [7, 11) is 1.61. The molecule has 0 aliphatic carbocycles. The van der Waals surface area contributed by atoms with Crippen molar-refractivity contribution in [1.29, 1.82) is 5.26 Å². The summed E-state index contributed by atoms with van der Waals surface area (Å²) >= 11 is 0. The molecule has 0 saturated heterocycles. The molecule has 28 heavy (non-hydrogen) atoms. The molecule has 1 aromatic heterocycles. The molecular formula is C23H22N2O3. The molecule has 0 saturated carbocycles. The SMILES string of the molecule is COc1ccc2[nH]c(C3=C(C#N)C(=O)C(C)(c4cc(C)cc(C)c4)O3)cc2c1.[HH]. The van der Waals surface area contributed by atoms with Crippen molar-refractivity contribution in [2.24, 2.45) is 0 Å². The molecule has 5 heteroatoms. The fourth-order valence-electron chi connectivity index (χ4n) is 3.73. The van der Waals surface area contributed by atoms with E-state index in [0.29, 0.717) is 5.69 Å². The summed E-state index contributed by atoms with van der Waals surface area (Å²) in [5.74, 6) is 0.687. The monoisotopic (exact) mass is 374 g/mol. The lowest BCUT2D eigenvalue weighted by Gasteiger charge is -2.25. The number of methoxy groups -OCH3 is 1. The molecule has 2 heterocycles.